The van der Waals surface area contributed by atoms with Crippen molar-refractivity contribution in [3.8, 4) is 0 Å². The number of rotatable bonds is 5. The number of quaternary nitrogens is 1. The van der Waals surface area contributed by atoms with Crippen molar-refractivity contribution in [2.45, 2.75) is 68.0 Å². The number of benzene rings is 1. The van der Waals surface area contributed by atoms with Gasteiger partial charge in [0.05, 0.1) is 43.9 Å². The van der Waals surface area contributed by atoms with Gasteiger partial charge in [-0.25, -0.2) is 4.79 Å². The van der Waals surface area contributed by atoms with Gasteiger partial charge < -0.3 is 49.8 Å². The third-order valence-corrected chi connectivity index (χ3v) is 9.49. The molecule has 5 aliphatic rings. The average molecular weight is 519 g/mol. The Hall–Kier alpha value is -2.09. The minimum Gasteiger partial charge on any atom is -0.633 e. The summed E-state index contributed by atoms with van der Waals surface area (Å²) < 4.78 is 16.5. The number of carbonyl (C=O) groups is 1. The zero-order valence-electron chi connectivity index (χ0n) is 20.8. The largest absolute Gasteiger partial charge is 0.633 e. The first-order valence-electron chi connectivity index (χ1n) is 12.9. The van der Waals surface area contributed by atoms with Gasteiger partial charge in [0.2, 0.25) is 0 Å². The maximum Gasteiger partial charge on any atom is 0.335 e. The van der Waals surface area contributed by atoms with Gasteiger partial charge in [-0.1, -0.05) is 18.2 Å². The van der Waals surface area contributed by atoms with Crippen LogP contribution < -0.4 is 5.32 Å². The molecule has 2 unspecified atom stereocenters. The minimum atomic E-state index is -1.57. The van der Waals surface area contributed by atoms with Crippen LogP contribution in [-0.4, -0.2) is 101 Å². The van der Waals surface area contributed by atoms with E-state index in [4.69, 9.17) is 14.2 Å². The first-order valence-corrected chi connectivity index (χ1v) is 12.9. The van der Waals surface area contributed by atoms with Crippen LogP contribution in [0.1, 0.15) is 25.3 Å². The van der Waals surface area contributed by atoms with Crippen molar-refractivity contribution in [1.29, 1.82) is 0 Å². The average Bonchev–Trinajstić information content (AvgIpc) is 3.41. The van der Waals surface area contributed by atoms with Gasteiger partial charge >= 0.3 is 5.97 Å². The molecule has 6 rings (SSSR count). The molecular weight excluding hydrogens is 484 g/mol. The lowest BCUT2D eigenvalue weighted by Gasteiger charge is -2.58. The molecule has 1 aromatic rings. The summed E-state index contributed by atoms with van der Waals surface area (Å²) in [5, 5.41) is 58.2. The number of ether oxygens (including phenoxy) is 3. The number of aliphatic hydroxyl groups excluding tert-OH is 4. The number of anilines is 1. The number of hydroxylamine groups is 3. The number of aliphatic hydroxyl groups is 4. The van der Waals surface area contributed by atoms with Crippen LogP contribution in [0.2, 0.25) is 0 Å². The molecule has 37 heavy (non-hydrogen) atoms. The van der Waals surface area contributed by atoms with E-state index in [9.17, 15) is 30.4 Å². The third kappa shape index (κ3) is 3.39. The number of methoxy groups -OCH3 is 1. The number of piperidine rings is 1. The number of hydrogen-bond donors (Lipinski definition) is 5. The summed E-state index contributed by atoms with van der Waals surface area (Å²) in [5.74, 6) is -1.19. The topological polar surface area (TPSA) is 161 Å². The summed E-state index contributed by atoms with van der Waals surface area (Å²) in [5.41, 5.74) is 2.67. The molecule has 11 heteroatoms. The number of nitrogens with zero attached hydrogens (tertiary/aromatic N) is 1. The fourth-order valence-corrected chi connectivity index (χ4v) is 7.72. The van der Waals surface area contributed by atoms with Crippen molar-refractivity contribution in [2.75, 3.05) is 32.1 Å². The van der Waals surface area contributed by atoms with Gasteiger partial charge in [-0.15, -0.1) is 0 Å². The number of carbonyl (C=O) groups excluding carboxylic acids is 1. The number of para-hydroxylation sites is 1. The summed E-state index contributed by atoms with van der Waals surface area (Å²) in [4.78, 5) is 13.3. The van der Waals surface area contributed by atoms with Crippen LogP contribution in [0.4, 0.5) is 5.69 Å². The van der Waals surface area contributed by atoms with Crippen molar-refractivity contribution >= 4 is 11.7 Å². The number of fused-ring (bicyclic) bond motifs is 2. The standard InChI is InChI=1S/C26H34N2O9/c1-12(36-25-22(32)21(31)20(30)17(11-29)37-25)14-10-28(34)8-7-26-15-5-3-4-6-16(15)27-23(26)19(24(33)35-2)13(14)9-18(26)28/h3-6,12-14,17-18,20-22,25,27,29-32H,7-11H2,1-2H3/t12-,13-,14-,17+,18-,20+,21-,22+,25+,26?,28?/m0/s1. The SMILES string of the molecule is COC(=O)C1=C2Nc3ccccc3C23CC[N+]2([O-])C[C@@H]([C@H](C)O[C@@H]4O[C@H](CO)[C@@H](O)[C@H](O)[C@H]4O)[C@@H]1C[C@@H]32. The molecule has 202 valence electrons. The zero-order chi connectivity index (χ0) is 26.3. The van der Waals surface area contributed by atoms with Gasteiger partial charge in [-0.3, -0.25) is 0 Å². The molecule has 1 aliphatic carbocycles. The Bertz CT molecular complexity index is 1130. The van der Waals surface area contributed by atoms with Crippen LogP contribution in [-0.2, 0) is 24.4 Å². The molecule has 1 aromatic carbocycles. The fraction of sp³-hybridized carbons (Fsp3) is 0.654. The highest BCUT2D eigenvalue weighted by Gasteiger charge is 2.68. The van der Waals surface area contributed by atoms with Crippen LogP contribution in [0.15, 0.2) is 35.5 Å². The summed E-state index contributed by atoms with van der Waals surface area (Å²) in [6.07, 6.45) is -6.61. The van der Waals surface area contributed by atoms with Crippen molar-refractivity contribution in [1.82, 2.24) is 0 Å². The molecule has 4 heterocycles. The minimum absolute atomic E-state index is 0.214. The normalized spacial score (nSPS) is 44.6. The Morgan fingerprint density at radius 1 is 1.27 bits per heavy atom. The molecule has 0 radical (unpaired) electrons. The lowest BCUT2D eigenvalue weighted by Crippen LogP contribution is -2.65. The second kappa shape index (κ2) is 8.72. The summed E-state index contributed by atoms with van der Waals surface area (Å²) in [7, 11) is 1.35. The number of esters is 1. The lowest BCUT2D eigenvalue weighted by molar-refractivity contribution is -0.905. The first-order chi connectivity index (χ1) is 17.7. The molecule has 1 spiro atoms. The van der Waals surface area contributed by atoms with E-state index in [0.717, 1.165) is 16.9 Å². The van der Waals surface area contributed by atoms with Gasteiger partial charge in [0.25, 0.3) is 0 Å². The van der Waals surface area contributed by atoms with Crippen LogP contribution >= 0.6 is 0 Å². The molecule has 11 nitrogen and oxygen atoms in total. The van der Waals surface area contributed by atoms with Crippen molar-refractivity contribution in [2.24, 2.45) is 11.8 Å². The van der Waals surface area contributed by atoms with E-state index in [1.54, 1.807) is 6.92 Å². The zero-order valence-corrected chi connectivity index (χ0v) is 20.8. The molecule has 0 aromatic heterocycles. The Balaban J connectivity index is 1.38. The van der Waals surface area contributed by atoms with E-state index in [0.29, 0.717) is 25.0 Å². The quantitative estimate of drug-likeness (QED) is 0.199. The highest BCUT2D eigenvalue weighted by molar-refractivity contribution is 5.93. The maximum absolute atomic E-state index is 14.4. The molecule has 2 bridgehead atoms. The molecule has 3 fully saturated rings. The summed E-state index contributed by atoms with van der Waals surface area (Å²) in [6, 6.07) is 7.64. The van der Waals surface area contributed by atoms with Crippen LogP contribution in [0.5, 0.6) is 0 Å². The van der Waals surface area contributed by atoms with E-state index in [1.165, 1.54) is 7.11 Å². The number of hydrogen-bond acceptors (Lipinski definition) is 10. The van der Waals surface area contributed by atoms with E-state index >= 15 is 0 Å². The van der Waals surface area contributed by atoms with Crippen molar-refractivity contribution in [3.05, 3.63) is 46.3 Å². The molecule has 4 aliphatic heterocycles. The molecule has 0 saturated carbocycles. The first kappa shape index (κ1) is 25.2. The van der Waals surface area contributed by atoms with Crippen LogP contribution in [0.3, 0.4) is 0 Å². The van der Waals surface area contributed by atoms with E-state index < -0.39 is 65.4 Å². The fourth-order valence-electron chi connectivity index (χ4n) is 7.72. The lowest BCUT2D eigenvalue weighted by atomic mass is 9.60. The Morgan fingerprint density at radius 3 is 2.76 bits per heavy atom. The van der Waals surface area contributed by atoms with Gasteiger partial charge in [0.1, 0.15) is 30.5 Å². The van der Waals surface area contributed by atoms with Gasteiger partial charge in [-0.05, 0) is 18.6 Å². The Morgan fingerprint density at radius 2 is 2.03 bits per heavy atom. The Kier molecular flexibility index (Phi) is 5.94. The smallest absolute Gasteiger partial charge is 0.335 e. The monoisotopic (exact) mass is 518 g/mol. The van der Waals surface area contributed by atoms with Crippen LogP contribution in [0, 0.1) is 17.0 Å². The predicted octanol–water partition coefficient (Wildman–Crippen LogP) is -0.281. The van der Waals surface area contributed by atoms with Gasteiger partial charge in [0.15, 0.2) is 6.29 Å². The number of nitrogens with one attached hydrogen (secondary N) is 1. The van der Waals surface area contributed by atoms with E-state index in [-0.39, 0.29) is 18.5 Å². The van der Waals surface area contributed by atoms with Crippen molar-refractivity contribution in [3.63, 3.8) is 0 Å². The van der Waals surface area contributed by atoms with E-state index in [2.05, 4.69) is 5.32 Å². The van der Waals surface area contributed by atoms with E-state index in [1.807, 2.05) is 24.3 Å². The van der Waals surface area contributed by atoms with Crippen LogP contribution in [0.25, 0.3) is 0 Å². The summed E-state index contributed by atoms with van der Waals surface area (Å²) >= 11 is 0. The maximum atomic E-state index is 14.4. The van der Waals surface area contributed by atoms with Crippen molar-refractivity contribution < 1.29 is 44.1 Å². The molecular formula is C26H34N2O9. The second-order valence-corrected chi connectivity index (χ2v) is 11.1. The summed E-state index contributed by atoms with van der Waals surface area (Å²) in [6.45, 7) is 1.80. The molecule has 0 amide bonds. The highest BCUT2D eigenvalue weighted by atomic mass is 16.7. The second-order valence-electron chi connectivity index (χ2n) is 11.1. The third-order valence-electron chi connectivity index (χ3n) is 9.49. The molecule has 5 N–H and O–H groups in total. The molecule has 11 atom stereocenters. The molecule has 3 saturated heterocycles. The Labute approximate surface area is 214 Å². The van der Waals surface area contributed by atoms with Gasteiger partial charge in [0, 0.05) is 36.1 Å². The van der Waals surface area contributed by atoms with Gasteiger partial charge in [-0.2, -0.15) is 0 Å². The predicted molar refractivity (Wildman–Crippen MR) is 128 cm³/mol. The highest BCUT2D eigenvalue weighted by Crippen LogP contribution is 2.63.